The molecule has 1 rings (SSSR count). The van der Waals surface area contributed by atoms with Crippen molar-refractivity contribution in [3.63, 3.8) is 0 Å². The molecule has 1 heterocycles. The van der Waals surface area contributed by atoms with Crippen LogP contribution in [0.5, 0.6) is 0 Å². The van der Waals surface area contributed by atoms with Gasteiger partial charge in [0.05, 0.1) is 5.69 Å². The molecule has 8 heteroatoms. The number of rotatable bonds is 5. The smallest absolute Gasteiger partial charge is 0.321 e. The Bertz CT molecular complexity index is 464. The zero-order chi connectivity index (χ0) is 15.2. The number of carbonyl (C=O) groups is 2. The van der Waals surface area contributed by atoms with E-state index in [9.17, 15) is 9.59 Å². The van der Waals surface area contributed by atoms with Crippen LogP contribution in [0.3, 0.4) is 0 Å². The monoisotopic (exact) mass is 283 g/mol. The topological polar surface area (TPSA) is 109 Å². The molecule has 0 unspecified atom stereocenters. The van der Waals surface area contributed by atoms with Crippen LogP contribution >= 0.6 is 0 Å². The number of aromatic nitrogens is 3. The zero-order valence-electron chi connectivity index (χ0n) is 12.0. The second-order valence-corrected chi connectivity index (χ2v) is 5.49. The molecule has 0 bridgehead atoms. The SMILES string of the molecule is CC(C)(C)NC(=O)NC(=O)Cn1cc(CCCO)nn1. The summed E-state index contributed by atoms with van der Waals surface area (Å²) in [6.07, 6.45) is 2.82. The van der Waals surface area contributed by atoms with E-state index in [2.05, 4.69) is 20.9 Å². The maximum absolute atomic E-state index is 11.6. The molecule has 0 aliphatic carbocycles. The number of hydrogen-bond acceptors (Lipinski definition) is 5. The number of aryl methyl sites for hydroxylation is 1. The third kappa shape index (κ3) is 6.28. The largest absolute Gasteiger partial charge is 0.396 e. The summed E-state index contributed by atoms with van der Waals surface area (Å²) >= 11 is 0. The minimum atomic E-state index is -0.539. The highest BCUT2D eigenvalue weighted by Crippen LogP contribution is 1.98. The number of nitrogens with one attached hydrogen (secondary N) is 2. The van der Waals surface area contributed by atoms with Crippen LogP contribution in [0.1, 0.15) is 32.9 Å². The molecule has 0 aromatic carbocycles. The molecule has 1 aromatic rings. The van der Waals surface area contributed by atoms with Gasteiger partial charge in [-0.15, -0.1) is 5.10 Å². The number of hydrogen-bond donors (Lipinski definition) is 3. The minimum Gasteiger partial charge on any atom is -0.396 e. The van der Waals surface area contributed by atoms with E-state index in [-0.39, 0.29) is 13.2 Å². The van der Waals surface area contributed by atoms with Crippen molar-refractivity contribution < 1.29 is 14.7 Å². The lowest BCUT2D eigenvalue weighted by atomic mass is 10.1. The molecule has 3 N–H and O–H groups in total. The number of carbonyl (C=O) groups excluding carboxylic acids is 2. The van der Waals surface area contributed by atoms with Crippen LogP contribution in [0.2, 0.25) is 0 Å². The summed E-state index contributed by atoms with van der Waals surface area (Å²) in [6, 6.07) is -0.539. The number of amides is 3. The summed E-state index contributed by atoms with van der Waals surface area (Å²) in [4.78, 5) is 23.1. The first-order chi connectivity index (χ1) is 9.30. The van der Waals surface area contributed by atoms with E-state index < -0.39 is 17.5 Å². The maximum atomic E-state index is 11.6. The predicted octanol–water partition coefficient (Wildman–Crippen LogP) is -0.173. The van der Waals surface area contributed by atoms with E-state index in [1.165, 1.54) is 4.68 Å². The average molecular weight is 283 g/mol. The lowest BCUT2D eigenvalue weighted by molar-refractivity contribution is -0.120. The van der Waals surface area contributed by atoms with Crippen molar-refractivity contribution in [2.45, 2.75) is 45.7 Å². The van der Waals surface area contributed by atoms with Crippen molar-refractivity contribution in [1.82, 2.24) is 25.6 Å². The zero-order valence-corrected chi connectivity index (χ0v) is 12.0. The molecular weight excluding hydrogens is 262 g/mol. The molecular formula is C12H21N5O3. The van der Waals surface area contributed by atoms with E-state index in [1.54, 1.807) is 6.20 Å². The van der Waals surface area contributed by atoms with Gasteiger partial charge in [-0.2, -0.15) is 0 Å². The highest BCUT2D eigenvalue weighted by Gasteiger charge is 2.16. The van der Waals surface area contributed by atoms with Crippen molar-refractivity contribution in [2.75, 3.05) is 6.61 Å². The van der Waals surface area contributed by atoms with Gasteiger partial charge in [-0.25, -0.2) is 9.48 Å². The number of aliphatic hydroxyl groups excluding tert-OH is 1. The normalized spacial score (nSPS) is 11.2. The van der Waals surface area contributed by atoms with Crippen LogP contribution in [0.25, 0.3) is 0 Å². The van der Waals surface area contributed by atoms with Crippen molar-refractivity contribution in [3.8, 4) is 0 Å². The van der Waals surface area contributed by atoms with Crippen molar-refractivity contribution in [3.05, 3.63) is 11.9 Å². The van der Waals surface area contributed by atoms with Crippen molar-refractivity contribution in [1.29, 1.82) is 0 Å². The minimum absolute atomic E-state index is 0.0797. The first-order valence-corrected chi connectivity index (χ1v) is 6.42. The summed E-state index contributed by atoms with van der Waals surface area (Å²) in [5.41, 5.74) is 0.292. The second kappa shape index (κ2) is 6.99. The van der Waals surface area contributed by atoms with Gasteiger partial charge in [0.2, 0.25) is 5.91 Å². The van der Waals surface area contributed by atoms with Crippen molar-refractivity contribution >= 4 is 11.9 Å². The van der Waals surface area contributed by atoms with Gasteiger partial charge in [0.15, 0.2) is 0 Å². The quantitative estimate of drug-likeness (QED) is 0.695. The fraction of sp³-hybridized carbons (Fsp3) is 0.667. The van der Waals surface area contributed by atoms with E-state index in [4.69, 9.17) is 5.11 Å². The molecule has 3 amide bonds. The Balaban J connectivity index is 2.42. The van der Waals surface area contributed by atoms with Gasteiger partial charge >= 0.3 is 6.03 Å². The molecule has 0 saturated carbocycles. The molecule has 0 aliphatic heterocycles. The third-order valence-corrected chi connectivity index (χ3v) is 2.22. The molecule has 112 valence electrons. The average Bonchev–Trinajstić information content (AvgIpc) is 2.70. The highest BCUT2D eigenvalue weighted by molar-refractivity contribution is 5.94. The summed E-state index contributed by atoms with van der Waals surface area (Å²) in [5, 5.41) is 21.2. The van der Waals surface area contributed by atoms with Crippen LogP contribution in [-0.2, 0) is 17.8 Å². The van der Waals surface area contributed by atoms with Gasteiger partial charge < -0.3 is 10.4 Å². The molecule has 8 nitrogen and oxygen atoms in total. The van der Waals surface area contributed by atoms with Crippen LogP contribution in [-0.4, -0.2) is 44.2 Å². The molecule has 0 fully saturated rings. The van der Waals surface area contributed by atoms with Gasteiger partial charge in [0, 0.05) is 18.3 Å². The predicted molar refractivity (Wildman–Crippen MR) is 71.9 cm³/mol. The Morgan fingerprint density at radius 3 is 2.70 bits per heavy atom. The van der Waals surface area contributed by atoms with Crippen LogP contribution < -0.4 is 10.6 Å². The van der Waals surface area contributed by atoms with E-state index in [0.717, 1.165) is 0 Å². The Labute approximate surface area is 117 Å². The Hall–Kier alpha value is -1.96. The molecule has 0 aliphatic rings. The maximum Gasteiger partial charge on any atom is 0.321 e. The standard InChI is InChI=1S/C12H21N5O3/c1-12(2,3)14-11(20)13-10(19)8-17-7-9(15-16-17)5-4-6-18/h7,18H,4-6,8H2,1-3H3,(H2,13,14,19,20). The number of urea groups is 1. The Morgan fingerprint density at radius 1 is 1.40 bits per heavy atom. The molecule has 20 heavy (non-hydrogen) atoms. The fourth-order valence-corrected chi connectivity index (χ4v) is 1.48. The summed E-state index contributed by atoms with van der Waals surface area (Å²) < 4.78 is 1.35. The van der Waals surface area contributed by atoms with Crippen LogP contribution in [0, 0.1) is 0 Å². The van der Waals surface area contributed by atoms with Gasteiger partial charge in [-0.05, 0) is 33.6 Å². The van der Waals surface area contributed by atoms with Gasteiger partial charge in [-0.1, -0.05) is 5.21 Å². The fourth-order valence-electron chi connectivity index (χ4n) is 1.48. The molecule has 0 atom stereocenters. The van der Waals surface area contributed by atoms with Gasteiger partial charge in [-0.3, -0.25) is 10.1 Å². The van der Waals surface area contributed by atoms with E-state index in [0.29, 0.717) is 18.5 Å². The molecule has 1 aromatic heterocycles. The lowest BCUT2D eigenvalue weighted by Crippen LogP contribution is -2.48. The summed E-state index contributed by atoms with van der Waals surface area (Å²) in [7, 11) is 0. The highest BCUT2D eigenvalue weighted by atomic mass is 16.3. The van der Waals surface area contributed by atoms with Gasteiger partial charge in [0.1, 0.15) is 6.54 Å². The Kier molecular flexibility index (Phi) is 5.63. The van der Waals surface area contributed by atoms with Crippen molar-refractivity contribution in [2.24, 2.45) is 0 Å². The lowest BCUT2D eigenvalue weighted by Gasteiger charge is -2.20. The number of aliphatic hydroxyl groups is 1. The van der Waals surface area contributed by atoms with E-state index in [1.807, 2.05) is 20.8 Å². The van der Waals surface area contributed by atoms with E-state index >= 15 is 0 Å². The van der Waals surface area contributed by atoms with Gasteiger partial charge in [0.25, 0.3) is 0 Å². The number of imide groups is 1. The first-order valence-electron chi connectivity index (χ1n) is 6.42. The first kappa shape index (κ1) is 16.1. The molecule has 0 spiro atoms. The molecule has 0 radical (unpaired) electrons. The molecule has 0 saturated heterocycles. The van der Waals surface area contributed by atoms with Crippen LogP contribution in [0.15, 0.2) is 6.20 Å². The third-order valence-electron chi connectivity index (χ3n) is 2.22. The summed E-state index contributed by atoms with van der Waals surface area (Å²) in [6.45, 7) is 5.47. The van der Waals surface area contributed by atoms with Crippen LogP contribution in [0.4, 0.5) is 4.79 Å². The second-order valence-electron chi connectivity index (χ2n) is 5.49. The Morgan fingerprint density at radius 2 is 2.10 bits per heavy atom. The summed E-state index contributed by atoms with van der Waals surface area (Å²) in [5.74, 6) is -0.467. The number of nitrogens with zero attached hydrogens (tertiary/aromatic N) is 3.